The highest BCUT2D eigenvalue weighted by Gasteiger charge is 2.20. The zero-order chi connectivity index (χ0) is 19.1. The zero-order valence-electron chi connectivity index (χ0n) is 14.9. The van der Waals surface area contributed by atoms with E-state index in [2.05, 4.69) is 10.3 Å². The van der Waals surface area contributed by atoms with Crippen molar-refractivity contribution in [1.29, 1.82) is 0 Å². The van der Waals surface area contributed by atoms with E-state index in [-0.39, 0.29) is 0 Å². The molecule has 8 nitrogen and oxygen atoms in total. The molecule has 26 heavy (non-hydrogen) atoms. The van der Waals surface area contributed by atoms with Gasteiger partial charge in [-0.25, -0.2) is 0 Å². The monoisotopic (exact) mass is 360 g/mol. The predicted octanol–water partition coefficient (Wildman–Crippen LogP) is 3.00. The van der Waals surface area contributed by atoms with Crippen LogP contribution < -0.4 is 18.9 Å². The summed E-state index contributed by atoms with van der Waals surface area (Å²) < 4.78 is 21.8. The van der Waals surface area contributed by atoms with Crippen LogP contribution in [0, 0.1) is 0 Å². The van der Waals surface area contributed by atoms with Crippen molar-refractivity contribution in [2.75, 3.05) is 28.4 Å². The molecule has 0 amide bonds. The fourth-order valence-corrected chi connectivity index (χ4v) is 2.65. The summed E-state index contributed by atoms with van der Waals surface area (Å²) >= 11 is 0. The molecule has 8 heteroatoms. The molecule has 0 heterocycles. The molecule has 0 atom stereocenters. The minimum absolute atomic E-state index is 0.446. The summed E-state index contributed by atoms with van der Waals surface area (Å²) in [5.74, 6) is 1.81. The van der Waals surface area contributed by atoms with Gasteiger partial charge in [0.05, 0.1) is 40.9 Å². The number of methoxy groups -OCH3 is 4. The molecular formula is C18H20N2O6. The maximum atomic E-state index is 8.88. The lowest BCUT2D eigenvalue weighted by atomic mass is 9.98. The normalized spacial score (nSPS) is 11.1. The molecule has 0 bridgehead atoms. The Balaban J connectivity index is 2.88. The van der Waals surface area contributed by atoms with Gasteiger partial charge in [-0.15, -0.1) is 0 Å². The Morgan fingerprint density at radius 1 is 0.654 bits per heavy atom. The third-order valence-electron chi connectivity index (χ3n) is 3.71. The topological polar surface area (TPSA) is 102 Å². The molecular weight excluding hydrogens is 340 g/mol. The van der Waals surface area contributed by atoms with Crippen LogP contribution in [0.1, 0.15) is 11.1 Å². The number of benzene rings is 2. The molecule has 0 saturated carbocycles. The van der Waals surface area contributed by atoms with Gasteiger partial charge in [0.25, 0.3) is 0 Å². The molecule has 0 unspecified atom stereocenters. The molecule has 0 saturated heterocycles. The van der Waals surface area contributed by atoms with Crippen LogP contribution in [0.4, 0.5) is 0 Å². The molecule has 0 aliphatic heterocycles. The minimum Gasteiger partial charge on any atom is -0.493 e. The summed E-state index contributed by atoms with van der Waals surface area (Å²) in [6.45, 7) is 0. The first kappa shape index (κ1) is 18.9. The maximum Gasteiger partial charge on any atom is 0.168 e. The molecule has 0 aliphatic rings. The first-order valence-corrected chi connectivity index (χ1v) is 7.50. The van der Waals surface area contributed by atoms with E-state index in [0.717, 1.165) is 0 Å². The molecule has 0 fully saturated rings. The van der Waals surface area contributed by atoms with Gasteiger partial charge in [0, 0.05) is 22.3 Å². The second-order valence-corrected chi connectivity index (χ2v) is 5.10. The second-order valence-electron chi connectivity index (χ2n) is 5.10. The van der Waals surface area contributed by atoms with Crippen LogP contribution in [0.2, 0.25) is 0 Å². The predicted molar refractivity (Wildman–Crippen MR) is 96.8 cm³/mol. The van der Waals surface area contributed by atoms with Crippen molar-refractivity contribution in [2.24, 2.45) is 10.3 Å². The number of hydrogen-bond donors (Lipinski definition) is 2. The second kappa shape index (κ2) is 8.61. The van der Waals surface area contributed by atoms with Crippen molar-refractivity contribution in [3.8, 4) is 34.1 Å². The number of nitrogens with zero attached hydrogens (tertiary/aromatic N) is 2. The molecule has 2 aromatic carbocycles. The van der Waals surface area contributed by atoms with Gasteiger partial charge in [-0.1, -0.05) is 10.3 Å². The highest BCUT2D eigenvalue weighted by Crippen LogP contribution is 2.46. The van der Waals surface area contributed by atoms with E-state index in [4.69, 9.17) is 29.4 Å². The lowest BCUT2D eigenvalue weighted by Crippen LogP contribution is -2.00. The van der Waals surface area contributed by atoms with Crippen LogP contribution in [-0.4, -0.2) is 51.3 Å². The molecule has 0 aliphatic carbocycles. The van der Waals surface area contributed by atoms with Gasteiger partial charge >= 0.3 is 0 Å². The van der Waals surface area contributed by atoms with Gasteiger partial charge in [0.2, 0.25) is 0 Å². The lowest BCUT2D eigenvalue weighted by Gasteiger charge is -2.18. The van der Waals surface area contributed by atoms with Crippen molar-refractivity contribution < 1.29 is 29.4 Å². The van der Waals surface area contributed by atoms with Crippen LogP contribution in [-0.2, 0) is 0 Å². The van der Waals surface area contributed by atoms with E-state index in [1.165, 1.54) is 40.9 Å². The van der Waals surface area contributed by atoms with E-state index < -0.39 is 0 Å². The van der Waals surface area contributed by atoms with Crippen LogP contribution in [0.25, 0.3) is 11.1 Å². The van der Waals surface area contributed by atoms with Gasteiger partial charge in [-0.05, 0) is 24.3 Å². The fraction of sp³-hybridized carbons (Fsp3) is 0.222. The van der Waals surface area contributed by atoms with Crippen LogP contribution in [0.5, 0.6) is 23.0 Å². The van der Waals surface area contributed by atoms with Crippen LogP contribution in [0.15, 0.2) is 34.6 Å². The summed E-state index contributed by atoms with van der Waals surface area (Å²) in [5, 5.41) is 23.9. The summed E-state index contributed by atoms with van der Waals surface area (Å²) in [6.07, 6.45) is 2.54. The molecule has 0 aromatic heterocycles. The van der Waals surface area contributed by atoms with Crippen molar-refractivity contribution in [3.05, 3.63) is 35.4 Å². The largest absolute Gasteiger partial charge is 0.493 e. The Morgan fingerprint density at radius 2 is 1.04 bits per heavy atom. The van der Waals surface area contributed by atoms with Crippen LogP contribution in [0.3, 0.4) is 0 Å². The molecule has 0 spiro atoms. The van der Waals surface area contributed by atoms with E-state index in [1.807, 2.05) is 0 Å². The van der Waals surface area contributed by atoms with E-state index in [9.17, 15) is 0 Å². The number of rotatable bonds is 7. The average molecular weight is 360 g/mol. The Bertz CT molecular complexity index is 763. The van der Waals surface area contributed by atoms with Crippen molar-refractivity contribution in [3.63, 3.8) is 0 Å². The van der Waals surface area contributed by atoms with Crippen molar-refractivity contribution in [1.82, 2.24) is 0 Å². The average Bonchev–Trinajstić information content (AvgIpc) is 2.66. The van der Waals surface area contributed by atoms with E-state index in [0.29, 0.717) is 45.3 Å². The quantitative estimate of drug-likeness (QED) is 0.447. The smallest absolute Gasteiger partial charge is 0.168 e. The van der Waals surface area contributed by atoms with Crippen LogP contribution >= 0.6 is 0 Å². The highest BCUT2D eigenvalue weighted by atomic mass is 16.5. The number of oxime groups is 2. The zero-order valence-corrected chi connectivity index (χ0v) is 14.9. The molecule has 138 valence electrons. The lowest BCUT2D eigenvalue weighted by molar-refractivity contribution is 0.321. The maximum absolute atomic E-state index is 8.88. The number of hydrogen-bond acceptors (Lipinski definition) is 8. The van der Waals surface area contributed by atoms with E-state index in [1.54, 1.807) is 24.3 Å². The first-order chi connectivity index (χ1) is 12.6. The Morgan fingerprint density at radius 3 is 1.31 bits per heavy atom. The van der Waals surface area contributed by atoms with Gasteiger partial charge < -0.3 is 29.4 Å². The minimum atomic E-state index is 0.446. The Hall–Kier alpha value is -3.42. The molecule has 0 radical (unpaired) electrons. The summed E-state index contributed by atoms with van der Waals surface area (Å²) in [6, 6.07) is 6.84. The van der Waals surface area contributed by atoms with Gasteiger partial charge in [-0.2, -0.15) is 0 Å². The fourth-order valence-electron chi connectivity index (χ4n) is 2.65. The summed E-state index contributed by atoms with van der Waals surface area (Å²) in [5.41, 5.74) is 2.40. The van der Waals surface area contributed by atoms with Crippen molar-refractivity contribution >= 4 is 12.4 Å². The summed E-state index contributed by atoms with van der Waals surface area (Å²) in [4.78, 5) is 0. The molecule has 2 aromatic rings. The molecule has 2 N–H and O–H groups in total. The van der Waals surface area contributed by atoms with E-state index >= 15 is 0 Å². The number of ether oxygens (including phenoxy) is 4. The third-order valence-corrected chi connectivity index (χ3v) is 3.71. The SMILES string of the molecule is COc1cc(/C=N/O)cc(-c2cc(/C=N/O)cc(OC)c2OC)c1OC. The first-order valence-electron chi connectivity index (χ1n) is 7.50. The van der Waals surface area contributed by atoms with Gasteiger partial charge in [0.15, 0.2) is 23.0 Å². The highest BCUT2D eigenvalue weighted by molar-refractivity contribution is 5.91. The van der Waals surface area contributed by atoms with Gasteiger partial charge in [0.1, 0.15) is 0 Å². The third kappa shape index (κ3) is 3.64. The van der Waals surface area contributed by atoms with Gasteiger partial charge in [-0.3, -0.25) is 0 Å². The molecule has 2 rings (SSSR count). The summed E-state index contributed by atoms with van der Waals surface area (Å²) in [7, 11) is 6.05. The Kier molecular flexibility index (Phi) is 6.26. The Labute approximate surface area is 150 Å². The standard InChI is InChI=1S/C18H20N2O6/c1-23-15-7-11(9-19-21)5-13(17(15)25-3)14-6-12(10-20-22)8-16(24-2)18(14)26-4/h5-10,21-22H,1-4H3/b19-9+,20-10+. The van der Waals surface area contributed by atoms with Crippen molar-refractivity contribution in [2.45, 2.75) is 0 Å².